The SMILES string of the molecule is CC[C@H](C)n1ncc2c(C(=O)NCc3noc(C)n3)cc(C)nc21. The van der Waals surface area contributed by atoms with Gasteiger partial charge in [0.05, 0.1) is 29.7 Å². The van der Waals surface area contributed by atoms with Crippen LogP contribution < -0.4 is 5.32 Å². The summed E-state index contributed by atoms with van der Waals surface area (Å²) >= 11 is 0. The van der Waals surface area contributed by atoms with E-state index >= 15 is 0 Å². The molecule has 0 aliphatic rings. The van der Waals surface area contributed by atoms with E-state index < -0.39 is 0 Å². The van der Waals surface area contributed by atoms with Crippen molar-refractivity contribution < 1.29 is 9.32 Å². The van der Waals surface area contributed by atoms with Crippen LogP contribution in [0.15, 0.2) is 16.8 Å². The average molecular weight is 328 g/mol. The zero-order valence-electron chi connectivity index (χ0n) is 14.2. The number of fused-ring (bicyclic) bond motifs is 1. The quantitative estimate of drug-likeness (QED) is 0.772. The highest BCUT2D eigenvalue weighted by Crippen LogP contribution is 2.22. The molecular formula is C16H20N6O2. The summed E-state index contributed by atoms with van der Waals surface area (Å²) in [5, 5.41) is 11.7. The molecule has 8 heteroatoms. The van der Waals surface area contributed by atoms with Crippen LogP contribution in [0.1, 0.15) is 54.1 Å². The molecule has 0 radical (unpaired) electrons. The highest BCUT2D eigenvalue weighted by molar-refractivity contribution is 6.05. The second-order valence-electron chi connectivity index (χ2n) is 5.81. The van der Waals surface area contributed by atoms with Crippen LogP contribution >= 0.6 is 0 Å². The Bertz CT molecular complexity index is 882. The number of aromatic nitrogens is 5. The molecular weight excluding hydrogens is 308 g/mol. The van der Waals surface area contributed by atoms with E-state index in [0.717, 1.165) is 23.1 Å². The molecule has 1 atom stereocenters. The second kappa shape index (κ2) is 6.38. The Morgan fingerprint density at radius 2 is 2.17 bits per heavy atom. The normalized spacial score (nSPS) is 12.5. The van der Waals surface area contributed by atoms with Gasteiger partial charge in [-0.1, -0.05) is 12.1 Å². The zero-order valence-corrected chi connectivity index (χ0v) is 14.2. The first-order chi connectivity index (χ1) is 11.5. The van der Waals surface area contributed by atoms with Crippen LogP contribution in [0.5, 0.6) is 0 Å². The Morgan fingerprint density at radius 1 is 1.38 bits per heavy atom. The van der Waals surface area contributed by atoms with E-state index in [1.54, 1.807) is 19.2 Å². The van der Waals surface area contributed by atoms with Gasteiger partial charge in [-0.15, -0.1) is 0 Å². The molecule has 0 aliphatic heterocycles. The van der Waals surface area contributed by atoms with E-state index in [4.69, 9.17) is 4.52 Å². The minimum atomic E-state index is -0.211. The molecule has 0 spiro atoms. The smallest absolute Gasteiger partial charge is 0.252 e. The van der Waals surface area contributed by atoms with Crippen molar-refractivity contribution in [2.75, 3.05) is 0 Å². The maximum atomic E-state index is 12.6. The number of nitrogens with zero attached hydrogens (tertiary/aromatic N) is 5. The van der Waals surface area contributed by atoms with Crippen molar-refractivity contribution in [3.05, 3.63) is 35.2 Å². The fourth-order valence-corrected chi connectivity index (χ4v) is 2.49. The number of hydrogen-bond acceptors (Lipinski definition) is 6. The summed E-state index contributed by atoms with van der Waals surface area (Å²) in [7, 11) is 0. The standard InChI is InChI=1S/C16H20N6O2/c1-5-10(3)22-15-13(7-18-22)12(6-9(2)19-15)16(23)17-8-14-20-11(4)24-21-14/h6-7,10H,5,8H2,1-4H3,(H,17,23)/t10-/m0/s1. The van der Waals surface area contributed by atoms with E-state index in [2.05, 4.69) is 39.4 Å². The van der Waals surface area contributed by atoms with Gasteiger partial charge in [0.1, 0.15) is 0 Å². The van der Waals surface area contributed by atoms with Gasteiger partial charge >= 0.3 is 0 Å². The lowest BCUT2D eigenvalue weighted by Crippen LogP contribution is -2.24. The molecule has 0 saturated heterocycles. The highest BCUT2D eigenvalue weighted by atomic mass is 16.5. The third-order valence-electron chi connectivity index (χ3n) is 3.92. The Kier molecular flexibility index (Phi) is 4.28. The summed E-state index contributed by atoms with van der Waals surface area (Å²) in [6.45, 7) is 7.95. The maximum absolute atomic E-state index is 12.6. The van der Waals surface area contributed by atoms with Gasteiger partial charge < -0.3 is 9.84 Å². The van der Waals surface area contributed by atoms with Crippen molar-refractivity contribution in [3.63, 3.8) is 0 Å². The van der Waals surface area contributed by atoms with Crippen LogP contribution in [-0.2, 0) is 6.54 Å². The van der Waals surface area contributed by atoms with Crippen molar-refractivity contribution in [2.45, 2.75) is 46.7 Å². The Balaban J connectivity index is 1.90. The van der Waals surface area contributed by atoms with E-state index in [1.807, 2.05) is 11.6 Å². The molecule has 1 amide bonds. The zero-order chi connectivity index (χ0) is 17.3. The lowest BCUT2D eigenvalue weighted by molar-refractivity contribution is 0.0951. The fourth-order valence-electron chi connectivity index (χ4n) is 2.49. The molecule has 3 aromatic rings. The van der Waals surface area contributed by atoms with E-state index in [1.165, 1.54) is 0 Å². The molecule has 3 aromatic heterocycles. The third-order valence-corrected chi connectivity index (χ3v) is 3.92. The van der Waals surface area contributed by atoms with Crippen molar-refractivity contribution in [1.29, 1.82) is 0 Å². The molecule has 0 bridgehead atoms. The van der Waals surface area contributed by atoms with Crippen LogP contribution in [-0.4, -0.2) is 30.8 Å². The Hall–Kier alpha value is -2.77. The minimum absolute atomic E-state index is 0.207. The van der Waals surface area contributed by atoms with Gasteiger partial charge in [0.15, 0.2) is 11.5 Å². The molecule has 126 valence electrons. The third kappa shape index (κ3) is 2.99. The Labute approximate surface area is 139 Å². The largest absolute Gasteiger partial charge is 0.345 e. The second-order valence-corrected chi connectivity index (χ2v) is 5.81. The van der Waals surface area contributed by atoms with E-state index in [9.17, 15) is 4.79 Å². The highest BCUT2D eigenvalue weighted by Gasteiger charge is 2.18. The summed E-state index contributed by atoms with van der Waals surface area (Å²) in [4.78, 5) is 21.2. The summed E-state index contributed by atoms with van der Waals surface area (Å²) in [6.07, 6.45) is 2.63. The number of nitrogens with one attached hydrogen (secondary N) is 1. The van der Waals surface area contributed by atoms with Crippen molar-refractivity contribution in [2.24, 2.45) is 0 Å². The van der Waals surface area contributed by atoms with Crippen LogP contribution in [0.3, 0.4) is 0 Å². The summed E-state index contributed by atoms with van der Waals surface area (Å²) in [6, 6.07) is 1.98. The summed E-state index contributed by atoms with van der Waals surface area (Å²) in [5.41, 5.74) is 2.05. The molecule has 0 saturated carbocycles. The van der Waals surface area contributed by atoms with E-state index in [0.29, 0.717) is 17.3 Å². The fraction of sp³-hybridized carbons (Fsp3) is 0.438. The predicted octanol–water partition coefficient (Wildman–Crippen LogP) is 2.33. The maximum Gasteiger partial charge on any atom is 0.252 e. The molecule has 1 N–H and O–H groups in total. The lowest BCUT2D eigenvalue weighted by Gasteiger charge is -2.11. The number of pyridine rings is 1. The number of hydrogen-bond donors (Lipinski definition) is 1. The summed E-state index contributed by atoms with van der Waals surface area (Å²) in [5.74, 6) is 0.700. The minimum Gasteiger partial charge on any atom is -0.345 e. The van der Waals surface area contributed by atoms with Gasteiger partial charge in [0.2, 0.25) is 5.89 Å². The van der Waals surface area contributed by atoms with Crippen molar-refractivity contribution in [3.8, 4) is 0 Å². The first-order valence-corrected chi connectivity index (χ1v) is 7.91. The molecule has 24 heavy (non-hydrogen) atoms. The topological polar surface area (TPSA) is 98.7 Å². The van der Waals surface area contributed by atoms with Gasteiger partial charge in [-0.05, 0) is 26.3 Å². The number of amides is 1. The molecule has 0 fully saturated rings. The Morgan fingerprint density at radius 3 is 2.83 bits per heavy atom. The molecule has 8 nitrogen and oxygen atoms in total. The van der Waals surface area contributed by atoms with Crippen molar-refractivity contribution in [1.82, 2.24) is 30.2 Å². The van der Waals surface area contributed by atoms with Crippen molar-refractivity contribution >= 4 is 16.9 Å². The van der Waals surface area contributed by atoms with Crippen LogP contribution in [0.2, 0.25) is 0 Å². The average Bonchev–Trinajstić information content (AvgIpc) is 3.17. The van der Waals surface area contributed by atoms with Gasteiger partial charge in [-0.3, -0.25) is 4.79 Å². The lowest BCUT2D eigenvalue weighted by atomic mass is 10.1. The van der Waals surface area contributed by atoms with Crippen LogP contribution in [0.25, 0.3) is 11.0 Å². The van der Waals surface area contributed by atoms with Gasteiger partial charge in [0.25, 0.3) is 5.91 Å². The summed E-state index contributed by atoms with van der Waals surface area (Å²) < 4.78 is 6.76. The molecule has 0 aromatic carbocycles. The van der Waals surface area contributed by atoms with Crippen LogP contribution in [0, 0.1) is 13.8 Å². The van der Waals surface area contributed by atoms with Gasteiger partial charge in [-0.2, -0.15) is 10.1 Å². The molecule has 3 rings (SSSR count). The number of aryl methyl sites for hydroxylation is 2. The monoisotopic (exact) mass is 328 g/mol. The number of carbonyl (C=O) groups is 1. The predicted molar refractivity (Wildman–Crippen MR) is 87.5 cm³/mol. The number of carbonyl (C=O) groups excluding carboxylic acids is 1. The first-order valence-electron chi connectivity index (χ1n) is 7.91. The van der Waals surface area contributed by atoms with Gasteiger partial charge in [0, 0.05) is 12.6 Å². The first kappa shape index (κ1) is 16.1. The molecule has 0 unspecified atom stereocenters. The number of rotatable bonds is 5. The van der Waals surface area contributed by atoms with Gasteiger partial charge in [-0.25, -0.2) is 9.67 Å². The molecule has 0 aliphatic carbocycles. The molecule has 3 heterocycles. The van der Waals surface area contributed by atoms with E-state index in [-0.39, 0.29) is 18.5 Å². The van der Waals surface area contributed by atoms with Crippen LogP contribution in [0.4, 0.5) is 0 Å².